The molecule has 11 heavy (non-hydrogen) atoms. The fraction of sp³-hybridized carbons (Fsp3) is 0.143. The molecule has 0 radical (unpaired) electrons. The molecular weight excluding hydrogens is 262 g/mol. The van der Waals surface area contributed by atoms with Crippen LogP contribution in [-0.4, -0.2) is 7.11 Å². The summed E-state index contributed by atoms with van der Waals surface area (Å²) in [6.45, 7) is 0. The van der Waals surface area contributed by atoms with Crippen LogP contribution >= 0.6 is 23.0 Å². The minimum Gasteiger partial charge on any atom is -0.493 e. The van der Waals surface area contributed by atoms with Gasteiger partial charge in [-0.25, -0.2) is 4.39 Å². The lowest BCUT2D eigenvalue weighted by Gasteiger charge is -2.03. The molecule has 0 saturated heterocycles. The zero-order valence-electron chi connectivity index (χ0n) is 5.80. The molecule has 0 heterocycles. The van der Waals surface area contributed by atoms with E-state index < -0.39 is 0 Å². The normalized spacial score (nSPS) is 9.36. The van der Waals surface area contributed by atoms with Crippen LogP contribution < -0.4 is 7.80 Å². The third-order valence-electron chi connectivity index (χ3n) is 1.21. The maximum Gasteiger partial charge on any atom is 0.192 e. The fourth-order valence-electron chi connectivity index (χ4n) is 0.711. The monoisotopic (exact) mass is 268 g/mol. The number of hydrogen-bond acceptors (Lipinski definition) is 2. The summed E-state index contributed by atoms with van der Waals surface area (Å²) in [5, 5.41) is 0. The van der Waals surface area contributed by atoms with E-state index in [2.05, 4.69) is 0 Å². The van der Waals surface area contributed by atoms with Gasteiger partial charge in [0.2, 0.25) is 0 Å². The molecule has 0 saturated carbocycles. The molecular formula is C7H6FIO2. The molecule has 0 aliphatic heterocycles. The molecule has 1 aromatic rings. The summed E-state index contributed by atoms with van der Waals surface area (Å²) >= 11 is 1.67. The summed E-state index contributed by atoms with van der Waals surface area (Å²) in [6, 6.07) is 4.10. The van der Waals surface area contributed by atoms with Crippen molar-refractivity contribution < 1.29 is 12.2 Å². The number of halogens is 2. The van der Waals surface area contributed by atoms with E-state index in [0.717, 1.165) is 0 Å². The van der Waals surface area contributed by atoms with E-state index >= 15 is 0 Å². The van der Waals surface area contributed by atoms with Gasteiger partial charge in [-0.2, -0.15) is 0 Å². The highest BCUT2D eigenvalue weighted by molar-refractivity contribution is 14.1. The van der Waals surface area contributed by atoms with Crippen molar-refractivity contribution in [2.45, 2.75) is 0 Å². The second-order valence-corrected chi connectivity index (χ2v) is 2.31. The molecule has 0 aliphatic carbocycles. The highest BCUT2D eigenvalue weighted by Gasteiger charge is 2.03. The standard InChI is InChI=1S/C7H6FIO2/c1-10-6-3-2-5(8)4-7(6)11-9/h2-4H,1H3. The first-order chi connectivity index (χ1) is 5.27. The molecule has 0 fully saturated rings. The summed E-state index contributed by atoms with van der Waals surface area (Å²) < 4.78 is 22.2. The van der Waals surface area contributed by atoms with Crippen LogP contribution in [0.25, 0.3) is 0 Å². The van der Waals surface area contributed by atoms with Crippen molar-refractivity contribution in [3.63, 3.8) is 0 Å². The van der Waals surface area contributed by atoms with Gasteiger partial charge in [0.25, 0.3) is 0 Å². The van der Waals surface area contributed by atoms with E-state index in [1.165, 1.54) is 25.3 Å². The van der Waals surface area contributed by atoms with E-state index in [0.29, 0.717) is 11.5 Å². The average Bonchev–Trinajstić information content (AvgIpc) is 2.04. The molecule has 0 N–H and O–H groups in total. The van der Waals surface area contributed by atoms with Crippen LogP contribution in [0, 0.1) is 5.82 Å². The summed E-state index contributed by atoms with van der Waals surface area (Å²) in [7, 11) is 1.51. The Morgan fingerprint density at radius 3 is 2.64 bits per heavy atom. The van der Waals surface area contributed by atoms with Crippen molar-refractivity contribution in [2.75, 3.05) is 7.11 Å². The Balaban J connectivity index is 3.06. The Hall–Kier alpha value is -0.520. The van der Waals surface area contributed by atoms with Gasteiger partial charge in [-0.3, -0.25) is 0 Å². The van der Waals surface area contributed by atoms with Crippen molar-refractivity contribution in [1.29, 1.82) is 0 Å². The van der Waals surface area contributed by atoms with Gasteiger partial charge in [-0.15, -0.1) is 0 Å². The molecule has 4 heteroatoms. The van der Waals surface area contributed by atoms with Crippen LogP contribution in [0.15, 0.2) is 18.2 Å². The molecule has 0 aromatic heterocycles. The van der Waals surface area contributed by atoms with Gasteiger partial charge < -0.3 is 7.80 Å². The number of methoxy groups -OCH3 is 1. The SMILES string of the molecule is COc1ccc(F)cc1OI. The van der Waals surface area contributed by atoms with Gasteiger partial charge in [0.15, 0.2) is 34.5 Å². The van der Waals surface area contributed by atoms with E-state index in [1.54, 1.807) is 23.0 Å². The smallest absolute Gasteiger partial charge is 0.192 e. The van der Waals surface area contributed by atoms with Crippen molar-refractivity contribution in [2.24, 2.45) is 0 Å². The minimum absolute atomic E-state index is 0.336. The predicted molar refractivity (Wildman–Crippen MR) is 47.6 cm³/mol. The van der Waals surface area contributed by atoms with Crippen molar-refractivity contribution in [3.05, 3.63) is 24.0 Å². The van der Waals surface area contributed by atoms with E-state index in [4.69, 9.17) is 7.80 Å². The zero-order valence-corrected chi connectivity index (χ0v) is 7.96. The van der Waals surface area contributed by atoms with E-state index in [-0.39, 0.29) is 5.82 Å². The van der Waals surface area contributed by atoms with Gasteiger partial charge >= 0.3 is 0 Å². The zero-order chi connectivity index (χ0) is 8.27. The average molecular weight is 268 g/mol. The second kappa shape index (κ2) is 3.75. The topological polar surface area (TPSA) is 18.5 Å². The molecule has 60 valence electrons. The molecule has 1 aromatic carbocycles. The number of rotatable bonds is 2. The van der Waals surface area contributed by atoms with Gasteiger partial charge in [-0.05, 0) is 12.1 Å². The second-order valence-electron chi connectivity index (χ2n) is 1.87. The Labute approximate surface area is 78.0 Å². The Morgan fingerprint density at radius 1 is 1.36 bits per heavy atom. The number of ether oxygens (including phenoxy) is 1. The van der Waals surface area contributed by atoms with Gasteiger partial charge in [0.05, 0.1) is 7.11 Å². The quantitative estimate of drug-likeness (QED) is 0.767. The lowest BCUT2D eigenvalue weighted by Crippen LogP contribution is -1.86. The largest absolute Gasteiger partial charge is 0.493 e. The maximum absolute atomic E-state index is 12.5. The maximum atomic E-state index is 12.5. The fourth-order valence-corrected chi connectivity index (χ4v) is 1.05. The molecule has 0 amide bonds. The first kappa shape index (κ1) is 8.58. The third kappa shape index (κ3) is 1.95. The molecule has 0 bridgehead atoms. The van der Waals surface area contributed by atoms with Crippen molar-refractivity contribution in [3.8, 4) is 11.5 Å². The molecule has 2 nitrogen and oxygen atoms in total. The van der Waals surface area contributed by atoms with Crippen LogP contribution in [0.4, 0.5) is 4.39 Å². The highest BCUT2D eigenvalue weighted by Crippen LogP contribution is 2.28. The van der Waals surface area contributed by atoms with Crippen LogP contribution in [0.3, 0.4) is 0 Å². The number of benzene rings is 1. The lowest BCUT2D eigenvalue weighted by atomic mass is 10.3. The first-order valence-electron chi connectivity index (χ1n) is 2.90. The van der Waals surface area contributed by atoms with Crippen LogP contribution in [-0.2, 0) is 0 Å². The van der Waals surface area contributed by atoms with Gasteiger partial charge in [0.1, 0.15) is 5.82 Å². The van der Waals surface area contributed by atoms with E-state index in [9.17, 15) is 4.39 Å². The Morgan fingerprint density at radius 2 is 2.09 bits per heavy atom. The minimum atomic E-state index is -0.336. The Bertz CT molecular complexity index is 252. The van der Waals surface area contributed by atoms with Gasteiger partial charge in [-0.1, -0.05) is 0 Å². The van der Waals surface area contributed by atoms with Crippen LogP contribution in [0.2, 0.25) is 0 Å². The van der Waals surface area contributed by atoms with Crippen LogP contribution in [0.1, 0.15) is 0 Å². The molecule has 0 unspecified atom stereocenters. The first-order valence-corrected chi connectivity index (χ1v) is 3.78. The van der Waals surface area contributed by atoms with Crippen molar-refractivity contribution >= 4 is 23.0 Å². The van der Waals surface area contributed by atoms with E-state index in [1.807, 2.05) is 0 Å². The molecule has 0 atom stereocenters. The van der Waals surface area contributed by atoms with Crippen molar-refractivity contribution in [1.82, 2.24) is 0 Å². The molecule has 1 rings (SSSR count). The van der Waals surface area contributed by atoms with Gasteiger partial charge in [0, 0.05) is 6.07 Å². The number of hydrogen-bond donors (Lipinski definition) is 0. The summed E-state index contributed by atoms with van der Waals surface area (Å²) in [5.74, 6) is 0.589. The third-order valence-corrected chi connectivity index (χ3v) is 1.68. The molecule has 0 aliphatic rings. The Kier molecular flexibility index (Phi) is 2.92. The highest BCUT2D eigenvalue weighted by atomic mass is 127. The van der Waals surface area contributed by atoms with Crippen LogP contribution in [0.5, 0.6) is 11.5 Å². The lowest BCUT2D eigenvalue weighted by molar-refractivity contribution is 0.401. The summed E-state index contributed by atoms with van der Waals surface area (Å²) in [4.78, 5) is 0. The predicted octanol–water partition coefficient (Wildman–Crippen LogP) is 2.56. The summed E-state index contributed by atoms with van der Waals surface area (Å²) in [5.41, 5.74) is 0. The summed E-state index contributed by atoms with van der Waals surface area (Å²) in [6.07, 6.45) is 0. The molecule has 0 spiro atoms.